The summed E-state index contributed by atoms with van der Waals surface area (Å²) in [5.74, 6) is 0. The zero-order valence-electron chi connectivity index (χ0n) is 11.3. The van der Waals surface area contributed by atoms with Gasteiger partial charge in [-0.1, -0.05) is 34.1 Å². The zero-order chi connectivity index (χ0) is 16.8. The van der Waals surface area contributed by atoms with Crippen molar-refractivity contribution in [1.82, 2.24) is 3.97 Å². The molecule has 0 aliphatic rings. The van der Waals surface area contributed by atoms with Crippen LogP contribution in [0.5, 0.6) is 0 Å². The molecule has 0 aliphatic heterocycles. The van der Waals surface area contributed by atoms with Gasteiger partial charge in [0.1, 0.15) is 4.90 Å². The van der Waals surface area contributed by atoms with E-state index in [1.807, 2.05) is 0 Å². The third-order valence-corrected chi connectivity index (χ3v) is 6.79. The summed E-state index contributed by atoms with van der Waals surface area (Å²) in [6, 6.07) is 12.4. The van der Waals surface area contributed by atoms with E-state index in [9.17, 15) is 16.8 Å². The maximum absolute atomic E-state index is 12.8. The zero-order valence-corrected chi connectivity index (χ0v) is 15.3. The average molecular weight is 435 g/mol. The fraction of sp³-hybridized carbons (Fsp3) is 0. The minimum absolute atomic E-state index is 0.0540. The first-order valence-corrected chi connectivity index (χ1v) is 10.8. The Morgan fingerprint density at radius 1 is 0.957 bits per heavy atom. The predicted molar refractivity (Wildman–Crippen MR) is 91.7 cm³/mol. The van der Waals surface area contributed by atoms with E-state index in [0.29, 0.717) is 4.47 Å². The van der Waals surface area contributed by atoms with Gasteiger partial charge in [-0.2, -0.15) is 0 Å². The molecular formula is C14H9BrClNO4S2. The lowest BCUT2D eigenvalue weighted by Crippen LogP contribution is -2.11. The molecule has 0 radical (unpaired) electrons. The van der Waals surface area contributed by atoms with Crippen LogP contribution in [-0.2, 0) is 19.1 Å². The maximum Gasteiger partial charge on any atom is 0.268 e. The Hall–Kier alpha value is -1.35. The molecule has 0 saturated carbocycles. The van der Waals surface area contributed by atoms with Crippen LogP contribution in [0.2, 0.25) is 0 Å². The summed E-state index contributed by atoms with van der Waals surface area (Å²) in [6.07, 6.45) is 1.03. The highest BCUT2D eigenvalue weighted by Gasteiger charge is 2.25. The molecule has 120 valence electrons. The average Bonchev–Trinajstić information content (AvgIpc) is 2.87. The van der Waals surface area contributed by atoms with Crippen LogP contribution in [0.1, 0.15) is 0 Å². The Bertz CT molecular complexity index is 1110. The second-order valence-corrected chi connectivity index (χ2v) is 9.97. The van der Waals surface area contributed by atoms with Crippen LogP contribution in [0.25, 0.3) is 10.9 Å². The van der Waals surface area contributed by atoms with Gasteiger partial charge in [-0.15, -0.1) is 0 Å². The van der Waals surface area contributed by atoms with Gasteiger partial charge >= 0.3 is 0 Å². The van der Waals surface area contributed by atoms with Crippen LogP contribution in [0.3, 0.4) is 0 Å². The Labute approximate surface area is 146 Å². The van der Waals surface area contributed by atoms with E-state index in [0.717, 1.165) is 10.2 Å². The van der Waals surface area contributed by atoms with Crippen molar-refractivity contribution < 1.29 is 16.8 Å². The van der Waals surface area contributed by atoms with Crippen molar-refractivity contribution in [3.63, 3.8) is 0 Å². The minimum atomic E-state index is -4.10. The van der Waals surface area contributed by atoms with Crippen molar-refractivity contribution in [2.24, 2.45) is 0 Å². The van der Waals surface area contributed by atoms with Gasteiger partial charge in [-0.3, -0.25) is 0 Å². The third-order valence-electron chi connectivity index (χ3n) is 3.26. The molecule has 9 heteroatoms. The molecule has 23 heavy (non-hydrogen) atoms. The second-order valence-electron chi connectivity index (χ2n) is 4.71. The molecule has 0 amide bonds. The molecule has 3 rings (SSSR count). The molecule has 0 bridgehead atoms. The minimum Gasteiger partial charge on any atom is -0.240 e. The van der Waals surface area contributed by atoms with E-state index >= 15 is 0 Å². The molecule has 5 nitrogen and oxygen atoms in total. The number of nitrogens with zero attached hydrogens (tertiary/aromatic N) is 1. The molecule has 0 saturated heterocycles. The highest BCUT2D eigenvalue weighted by atomic mass is 79.9. The first kappa shape index (κ1) is 16.5. The Balaban J connectivity index is 2.40. The standard InChI is InChI=1S/C14H9BrClNO4S2/c15-10-6-7-13-12(8-10)14(22(16,18)19)9-17(13)23(20,21)11-4-2-1-3-5-11/h1-9H. The van der Waals surface area contributed by atoms with Crippen LogP contribution in [0.4, 0.5) is 0 Å². The molecule has 0 fully saturated rings. The number of benzene rings is 2. The smallest absolute Gasteiger partial charge is 0.240 e. The van der Waals surface area contributed by atoms with Crippen molar-refractivity contribution in [2.45, 2.75) is 9.79 Å². The summed E-state index contributed by atoms with van der Waals surface area (Å²) in [6.45, 7) is 0. The summed E-state index contributed by atoms with van der Waals surface area (Å²) in [5.41, 5.74) is 0.233. The molecule has 0 aliphatic carbocycles. The first-order chi connectivity index (χ1) is 10.7. The molecule has 2 aromatic carbocycles. The van der Waals surface area contributed by atoms with Crippen molar-refractivity contribution in [3.05, 3.63) is 59.2 Å². The lowest BCUT2D eigenvalue weighted by atomic mass is 10.2. The Kier molecular flexibility index (Phi) is 4.04. The van der Waals surface area contributed by atoms with Gasteiger partial charge in [0.25, 0.3) is 19.1 Å². The molecule has 0 spiro atoms. The molecule has 0 N–H and O–H groups in total. The van der Waals surface area contributed by atoms with E-state index < -0.39 is 19.1 Å². The number of hydrogen-bond acceptors (Lipinski definition) is 4. The predicted octanol–water partition coefficient (Wildman–Crippen LogP) is 3.57. The van der Waals surface area contributed by atoms with E-state index in [2.05, 4.69) is 15.9 Å². The largest absolute Gasteiger partial charge is 0.268 e. The molecule has 3 aromatic rings. The van der Waals surface area contributed by atoms with Crippen LogP contribution < -0.4 is 0 Å². The van der Waals surface area contributed by atoms with Crippen molar-refractivity contribution in [2.75, 3.05) is 0 Å². The summed E-state index contributed by atoms with van der Waals surface area (Å²) < 4.78 is 50.7. The van der Waals surface area contributed by atoms with Crippen LogP contribution in [-0.4, -0.2) is 20.8 Å². The Morgan fingerprint density at radius 3 is 2.22 bits per heavy atom. The molecule has 1 heterocycles. The number of hydrogen-bond donors (Lipinski definition) is 0. The lowest BCUT2D eigenvalue weighted by molar-refractivity contribution is 0.589. The molecule has 0 unspecified atom stereocenters. The van der Waals surface area contributed by atoms with Gasteiger partial charge in [0, 0.05) is 26.7 Å². The number of aromatic nitrogens is 1. The van der Waals surface area contributed by atoms with E-state index in [1.165, 1.54) is 24.3 Å². The topological polar surface area (TPSA) is 73.2 Å². The fourth-order valence-electron chi connectivity index (χ4n) is 2.24. The second kappa shape index (κ2) is 5.62. The summed E-state index contributed by atoms with van der Waals surface area (Å²) >= 11 is 3.24. The van der Waals surface area contributed by atoms with Crippen LogP contribution in [0.15, 0.2) is 69.0 Å². The van der Waals surface area contributed by atoms with E-state index in [-0.39, 0.29) is 20.7 Å². The maximum atomic E-state index is 12.8. The van der Waals surface area contributed by atoms with Crippen molar-refractivity contribution >= 4 is 56.6 Å². The lowest BCUT2D eigenvalue weighted by Gasteiger charge is -2.07. The molecular weight excluding hydrogens is 426 g/mol. The fourth-order valence-corrected chi connectivity index (χ4v) is 5.09. The van der Waals surface area contributed by atoms with Crippen molar-refractivity contribution in [1.29, 1.82) is 0 Å². The van der Waals surface area contributed by atoms with Gasteiger partial charge in [0.2, 0.25) is 0 Å². The highest BCUT2D eigenvalue weighted by Crippen LogP contribution is 2.32. The van der Waals surface area contributed by atoms with Crippen LogP contribution >= 0.6 is 26.6 Å². The van der Waals surface area contributed by atoms with Gasteiger partial charge < -0.3 is 0 Å². The van der Waals surface area contributed by atoms with Gasteiger partial charge in [-0.05, 0) is 30.3 Å². The first-order valence-electron chi connectivity index (χ1n) is 6.27. The van der Waals surface area contributed by atoms with Gasteiger partial charge in [0.15, 0.2) is 0 Å². The van der Waals surface area contributed by atoms with Gasteiger partial charge in [0.05, 0.1) is 10.4 Å². The van der Waals surface area contributed by atoms with Crippen LogP contribution in [0, 0.1) is 0 Å². The quantitative estimate of drug-likeness (QED) is 0.591. The van der Waals surface area contributed by atoms with Gasteiger partial charge in [-0.25, -0.2) is 20.8 Å². The van der Waals surface area contributed by atoms with E-state index in [1.54, 1.807) is 24.3 Å². The SMILES string of the molecule is O=S(=O)(Cl)c1cn(S(=O)(=O)c2ccccc2)c2ccc(Br)cc12. The summed E-state index contributed by atoms with van der Waals surface area (Å²) in [5, 5.41) is 0.230. The molecule has 1 aromatic heterocycles. The molecule has 0 atom stereocenters. The highest BCUT2D eigenvalue weighted by molar-refractivity contribution is 9.10. The van der Waals surface area contributed by atoms with Crippen molar-refractivity contribution in [3.8, 4) is 0 Å². The normalized spacial score (nSPS) is 12.6. The number of fused-ring (bicyclic) bond motifs is 1. The van der Waals surface area contributed by atoms with E-state index in [4.69, 9.17) is 10.7 Å². The summed E-state index contributed by atoms with van der Waals surface area (Å²) in [4.78, 5) is -0.201. The monoisotopic (exact) mass is 433 g/mol. The summed E-state index contributed by atoms with van der Waals surface area (Å²) in [7, 11) is -2.59. The third kappa shape index (κ3) is 2.91. The Morgan fingerprint density at radius 2 is 1.61 bits per heavy atom. The number of rotatable bonds is 3. The number of halogens is 2.